The average molecular weight is 228 g/mol. The fourth-order valence-electron chi connectivity index (χ4n) is 1.89. The van der Waals surface area contributed by atoms with Gasteiger partial charge in [0.2, 0.25) is 0 Å². The van der Waals surface area contributed by atoms with Crippen LogP contribution in [0.3, 0.4) is 0 Å². The molecule has 17 heavy (non-hydrogen) atoms. The molecule has 0 aliphatic rings. The van der Waals surface area contributed by atoms with Gasteiger partial charge in [-0.1, -0.05) is 24.8 Å². The normalized spacial score (nSPS) is 12.6. The van der Waals surface area contributed by atoms with Crippen molar-refractivity contribution in [3.8, 4) is 0 Å². The molecule has 0 saturated heterocycles. The van der Waals surface area contributed by atoms with E-state index in [4.69, 9.17) is 5.73 Å². The van der Waals surface area contributed by atoms with Crippen LogP contribution in [-0.2, 0) is 11.2 Å². The van der Waals surface area contributed by atoms with E-state index in [1.807, 2.05) is 30.3 Å². The monoisotopic (exact) mass is 228 g/mol. The molecule has 0 fully saturated rings. The molecule has 88 valence electrons. The smallest absolute Gasteiger partial charge is 0.175 e. The molecule has 2 aromatic rings. The summed E-state index contributed by atoms with van der Waals surface area (Å²) in [6.07, 6.45) is 0.514. The molecule has 0 bridgehead atoms. The van der Waals surface area contributed by atoms with E-state index in [9.17, 15) is 4.79 Å². The number of aromatic amines is 1. The Balaban J connectivity index is 2.18. The fourth-order valence-corrected chi connectivity index (χ4v) is 1.89. The standard InChI is InChI=1S/C14H16N2O/c1-9(2)14(17)12(15)8-11-7-10-5-3-4-6-13(10)16-11/h3-7,12,16H,1,8,15H2,2H3. The minimum absolute atomic E-state index is 0.0799. The second-order valence-electron chi connectivity index (χ2n) is 4.34. The van der Waals surface area contributed by atoms with Crippen LogP contribution in [0.1, 0.15) is 12.6 Å². The number of nitrogens with one attached hydrogen (secondary N) is 1. The SMILES string of the molecule is C=C(C)C(=O)C(N)Cc1cc2ccccc2[nH]1. The van der Waals surface area contributed by atoms with Crippen molar-refractivity contribution in [1.82, 2.24) is 4.98 Å². The third-order valence-corrected chi connectivity index (χ3v) is 2.78. The van der Waals surface area contributed by atoms with Crippen molar-refractivity contribution in [2.75, 3.05) is 0 Å². The number of carbonyl (C=O) groups is 1. The molecule has 0 radical (unpaired) electrons. The number of carbonyl (C=O) groups excluding carboxylic acids is 1. The number of H-pyrrole nitrogens is 1. The maximum absolute atomic E-state index is 11.6. The molecule has 1 atom stereocenters. The van der Waals surface area contributed by atoms with Crippen LogP contribution in [0.4, 0.5) is 0 Å². The van der Waals surface area contributed by atoms with Crippen LogP contribution >= 0.6 is 0 Å². The summed E-state index contributed by atoms with van der Waals surface area (Å²) in [6, 6.07) is 9.51. The molecule has 1 aromatic carbocycles. The second-order valence-corrected chi connectivity index (χ2v) is 4.34. The predicted molar refractivity (Wildman–Crippen MR) is 69.8 cm³/mol. The van der Waals surface area contributed by atoms with Gasteiger partial charge in [-0.2, -0.15) is 0 Å². The quantitative estimate of drug-likeness (QED) is 0.788. The summed E-state index contributed by atoms with van der Waals surface area (Å²) in [5.41, 5.74) is 8.40. The molecule has 0 aliphatic carbocycles. The lowest BCUT2D eigenvalue weighted by molar-refractivity contribution is -0.116. The Morgan fingerprint density at radius 3 is 2.82 bits per heavy atom. The Morgan fingerprint density at radius 2 is 2.18 bits per heavy atom. The Bertz CT molecular complexity index is 535. The molecule has 1 heterocycles. The zero-order valence-corrected chi connectivity index (χ0v) is 9.86. The molecule has 0 saturated carbocycles. The zero-order chi connectivity index (χ0) is 12.4. The van der Waals surface area contributed by atoms with Gasteiger partial charge in [0, 0.05) is 17.6 Å². The van der Waals surface area contributed by atoms with Gasteiger partial charge in [-0.05, 0) is 30.0 Å². The molecule has 3 N–H and O–H groups in total. The number of fused-ring (bicyclic) bond motifs is 1. The van der Waals surface area contributed by atoms with Crippen molar-refractivity contribution in [2.24, 2.45) is 5.73 Å². The Morgan fingerprint density at radius 1 is 1.47 bits per heavy atom. The second kappa shape index (κ2) is 4.55. The summed E-state index contributed by atoms with van der Waals surface area (Å²) < 4.78 is 0. The molecule has 2 rings (SSSR count). The van der Waals surface area contributed by atoms with Crippen molar-refractivity contribution < 1.29 is 4.79 Å². The van der Waals surface area contributed by atoms with Crippen LogP contribution in [0, 0.1) is 0 Å². The van der Waals surface area contributed by atoms with Gasteiger partial charge < -0.3 is 10.7 Å². The minimum Gasteiger partial charge on any atom is -0.358 e. The first-order valence-electron chi connectivity index (χ1n) is 5.60. The highest BCUT2D eigenvalue weighted by Crippen LogP contribution is 2.15. The molecule has 0 aliphatic heterocycles. The molecule has 1 aromatic heterocycles. The summed E-state index contributed by atoms with van der Waals surface area (Å²) in [7, 11) is 0. The van der Waals surface area contributed by atoms with Crippen molar-refractivity contribution >= 4 is 16.7 Å². The van der Waals surface area contributed by atoms with E-state index in [-0.39, 0.29) is 5.78 Å². The summed E-state index contributed by atoms with van der Waals surface area (Å²) in [6.45, 7) is 5.31. The highest BCUT2D eigenvalue weighted by atomic mass is 16.1. The first-order chi connectivity index (χ1) is 8.08. The number of benzene rings is 1. The zero-order valence-electron chi connectivity index (χ0n) is 9.86. The van der Waals surface area contributed by atoms with Gasteiger partial charge in [0.15, 0.2) is 5.78 Å². The summed E-state index contributed by atoms with van der Waals surface area (Å²) >= 11 is 0. The number of hydrogen-bond donors (Lipinski definition) is 2. The molecule has 3 heteroatoms. The van der Waals surface area contributed by atoms with E-state index in [2.05, 4.69) is 11.6 Å². The van der Waals surface area contributed by atoms with Gasteiger partial charge in [0.05, 0.1) is 6.04 Å². The average Bonchev–Trinajstić information content (AvgIpc) is 2.69. The molecule has 3 nitrogen and oxygen atoms in total. The van der Waals surface area contributed by atoms with Crippen molar-refractivity contribution in [2.45, 2.75) is 19.4 Å². The van der Waals surface area contributed by atoms with Gasteiger partial charge in [-0.25, -0.2) is 0 Å². The lowest BCUT2D eigenvalue weighted by Gasteiger charge is -2.08. The van der Waals surface area contributed by atoms with Crippen LogP contribution in [0.2, 0.25) is 0 Å². The third kappa shape index (κ3) is 2.45. The molecule has 0 amide bonds. The highest BCUT2D eigenvalue weighted by Gasteiger charge is 2.15. The van der Waals surface area contributed by atoms with Crippen LogP contribution in [-0.4, -0.2) is 16.8 Å². The van der Waals surface area contributed by atoms with Crippen LogP contribution in [0.5, 0.6) is 0 Å². The van der Waals surface area contributed by atoms with Gasteiger partial charge in [0.25, 0.3) is 0 Å². The van der Waals surface area contributed by atoms with Crippen molar-refractivity contribution in [3.63, 3.8) is 0 Å². The maximum atomic E-state index is 11.6. The van der Waals surface area contributed by atoms with E-state index >= 15 is 0 Å². The van der Waals surface area contributed by atoms with Crippen LogP contribution < -0.4 is 5.73 Å². The van der Waals surface area contributed by atoms with E-state index in [0.717, 1.165) is 16.6 Å². The lowest BCUT2D eigenvalue weighted by Crippen LogP contribution is -2.33. The van der Waals surface area contributed by atoms with Crippen LogP contribution in [0.15, 0.2) is 42.5 Å². The molecular formula is C14H16N2O. The Kier molecular flexibility index (Phi) is 3.11. The van der Waals surface area contributed by atoms with Gasteiger partial charge in [-0.3, -0.25) is 4.79 Å². The number of Topliss-reactive ketones (excluding diaryl/α,β-unsaturated/α-hetero) is 1. The first-order valence-corrected chi connectivity index (χ1v) is 5.60. The van der Waals surface area contributed by atoms with E-state index < -0.39 is 6.04 Å². The number of para-hydroxylation sites is 1. The van der Waals surface area contributed by atoms with Crippen molar-refractivity contribution in [1.29, 1.82) is 0 Å². The number of ketones is 1. The van der Waals surface area contributed by atoms with Gasteiger partial charge in [0.1, 0.15) is 0 Å². The summed E-state index contributed by atoms with van der Waals surface area (Å²) in [5, 5.41) is 1.14. The molecule has 0 spiro atoms. The van der Waals surface area contributed by atoms with Gasteiger partial charge >= 0.3 is 0 Å². The first kappa shape index (κ1) is 11.6. The number of aromatic nitrogens is 1. The largest absolute Gasteiger partial charge is 0.358 e. The Hall–Kier alpha value is -1.87. The van der Waals surface area contributed by atoms with E-state index in [0.29, 0.717) is 12.0 Å². The van der Waals surface area contributed by atoms with Gasteiger partial charge in [-0.15, -0.1) is 0 Å². The summed E-state index contributed by atoms with van der Waals surface area (Å²) in [5.74, 6) is -0.0799. The number of rotatable bonds is 4. The maximum Gasteiger partial charge on any atom is 0.175 e. The number of nitrogens with two attached hydrogens (primary N) is 1. The van der Waals surface area contributed by atoms with E-state index in [1.54, 1.807) is 6.92 Å². The van der Waals surface area contributed by atoms with E-state index in [1.165, 1.54) is 0 Å². The Labute approximate surface area is 100 Å². The minimum atomic E-state index is -0.513. The molecule has 1 unspecified atom stereocenters. The summed E-state index contributed by atoms with van der Waals surface area (Å²) in [4.78, 5) is 14.9. The van der Waals surface area contributed by atoms with Crippen LogP contribution in [0.25, 0.3) is 10.9 Å². The topological polar surface area (TPSA) is 58.9 Å². The lowest BCUT2D eigenvalue weighted by atomic mass is 10.0. The predicted octanol–water partition coefficient (Wildman–Crippen LogP) is 2.18. The van der Waals surface area contributed by atoms with Crippen molar-refractivity contribution in [3.05, 3.63) is 48.2 Å². The third-order valence-electron chi connectivity index (χ3n) is 2.78. The molecular weight excluding hydrogens is 212 g/mol. The number of hydrogen-bond acceptors (Lipinski definition) is 2. The highest BCUT2D eigenvalue weighted by molar-refractivity contribution is 5.98. The fraction of sp³-hybridized carbons (Fsp3) is 0.214.